The summed E-state index contributed by atoms with van der Waals surface area (Å²) in [6.07, 6.45) is 62.5. The van der Waals surface area contributed by atoms with Crippen LogP contribution in [0.1, 0.15) is 341 Å². The van der Waals surface area contributed by atoms with Crippen LogP contribution >= 0.6 is 0 Å². The van der Waals surface area contributed by atoms with E-state index in [9.17, 15) is 0 Å². The Kier molecular flexibility index (Phi) is 38.6. The molecule has 0 spiro atoms. The molecule has 0 bridgehead atoms. The molecule has 0 heterocycles. The quantitative estimate of drug-likeness (QED) is 0.0325. The summed E-state index contributed by atoms with van der Waals surface area (Å²) in [4.78, 5) is 0. The fourth-order valence-corrected chi connectivity index (χ4v) is 13.6. The summed E-state index contributed by atoms with van der Waals surface area (Å²) in [5.74, 6) is 1.44. The van der Waals surface area contributed by atoms with Gasteiger partial charge < -0.3 is 0 Å². The molecule has 380 valence electrons. The van der Waals surface area contributed by atoms with E-state index in [2.05, 4.69) is 121 Å². The van der Waals surface area contributed by atoms with E-state index < -0.39 is 0 Å². The average Bonchev–Trinajstić information content (AvgIpc) is 3.27. The van der Waals surface area contributed by atoms with Gasteiger partial charge in [-0.2, -0.15) is 0 Å². The van der Waals surface area contributed by atoms with Crippen LogP contribution in [-0.2, 0) is 0 Å². The van der Waals surface area contributed by atoms with Crippen molar-refractivity contribution in [2.75, 3.05) is 0 Å². The lowest BCUT2D eigenvalue weighted by molar-refractivity contribution is -0.0793. The Morgan fingerprint density at radius 1 is 0.406 bits per heavy atom. The molecule has 0 aliphatic heterocycles. The van der Waals surface area contributed by atoms with Gasteiger partial charge in [-0.15, -0.1) is 0 Å². The maximum atomic E-state index is 2.93. The third kappa shape index (κ3) is 21.7. The summed E-state index contributed by atoms with van der Waals surface area (Å²) in [6, 6.07) is 0. The van der Waals surface area contributed by atoms with Crippen LogP contribution in [0, 0.1) is 33.5 Å². The van der Waals surface area contributed by atoms with E-state index in [0.717, 1.165) is 12.3 Å². The Morgan fingerprint density at radius 3 is 1.39 bits per heavy atom. The molecule has 0 aliphatic rings. The van der Waals surface area contributed by atoms with E-state index >= 15 is 0 Å². The van der Waals surface area contributed by atoms with Crippen molar-refractivity contribution in [1.82, 2.24) is 0 Å². The lowest BCUT2D eigenvalue weighted by atomic mass is 9.43. The van der Waals surface area contributed by atoms with Crippen LogP contribution in [0.4, 0.5) is 0 Å². The molecular weight excluding hydrogens is 769 g/mol. The molecule has 0 aromatic heterocycles. The minimum Gasteiger partial charge on any atom is -0.0888 e. The lowest BCUT2D eigenvalue weighted by Gasteiger charge is -2.61. The van der Waals surface area contributed by atoms with Crippen molar-refractivity contribution in [2.45, 2.75) is 341 Å². The zero-order valence-electron chi connectivity index (χ0n) is 47.3. The number of rotatable bonds is 45. The molecule has 0 fully saturated rings. The van der Waals surface area contributed by atoms with Gasteiger partial charge in [-0.25, -0.2) is 0 Å². The van der Waals surface area contributed by atoms with Crippen molar-refractivity contribution < 1.29 is 0 Å². The molecule has 0 saturated carbocycles. The monoisotopic (exact) mass is 893 g/mol. The fraction of sp³-hybridized carbons (Fsp3) is 0.906. The smallest absolute Gasteiger partial charge is 0.00118 e. The molecule has 0 N–H and O–H groups in total. The molecular formula is C64H124. The Labute approximate surface area is 408 Å². The van der Waals surface area contributed by atoms with Crippen molar-refractivity contribution in [2.24, 2.45) is 33.5 Å². The molecule has 5 atom stereocenters. The zero-order chi connectivity index (χ0) is 48.0. The van der Waals surface area contributed by atoms with Gasteiger partial charge in [-0.05, 0) is 111 Å². The number of unbranched alkanes of at least 4 members (excludes halogenated alkanes) is 17. The van der Waals surface area contributed by atoms with Gasteiger partial charge in [0, 0.05) is 5.41 Å². The highest BCUT2D eigenvalue weighted by molar-refractivity contribution is 5.40. The van der Waals surface area contributed by atoms with Gasteiger partial charge in [0.1, 0.15) is 0 Å². The molecule has 0 heteroatoms. The van der Waals surface area contributed by atoms with Crippen LogP contribution in [0.25, 0.3) is 0 Å². The summed E-state index contributed by atoms with van der Waals surface area (Å²) in [6.45, 7) is 35.3. The summed E-state index contributed by atoms with van der Waals surface area (Å²) in [5, 5.41) is 0. The van der Waals surface area contributed by atoms with E-state index in [-0.39, 0.29) is 21.7 Å². The van der Waals surface area contributed by atoms with Crippen LogP contribution in [0.15, 0.2) is 35.5 Å². The first-order chi connectivity index (χ1) is 31.0. The first-order valence-corrected chi connectivity index (χ1v) is 30.0. The van der Waals surface area contributed by atoms with Gasteiger partial charge in [0.05, 0.1) is 0 Å². The normalized spacial score (nSPS) is 16.8. The largest absolute Gasteiger partial charge is 0.0888 e. The zero-order valence-corrected chi connectivity index (χ0v) is 47.3. The van der Waals surface area contributed by atoms with Gasteiger partial charge in [-0.1, -0.05) is 294 Å². The highest BCUT2D eigenvalue weighted by Crippen LogP contribution is 2.67. The SMILES string of the molecule is CCC=CCC(CCCCCCC)(C(CCC)=C(C=CCCC)C(CCC)(CCCCCCC)C(CCC)(CCCCCCC)C(CCC)C(C)(C)C)C(CCC)CCCCCCC. The predicted octanol–water partition coefficient (Wildman–Crippen LogP) is 23.7. The molecule has 0 aromatic carbocycles. The standard InChI is InChI=1S/C64H124/c1-15-26-32-36-41-49-57(46-21-7)62(53-42-31-20-6,54-43-37-33-27-16-2)58(47-22-8)59(50-40-30-19-5)63(51-24-10,55-44-38-34-28-17-3)64(52-25-11,56-45-39-35-29-18-4)60(48-23-9)61(12,13)14/h31,40,42,50,57,60H,15-30,32-39,41,43-49,51-56H2,1-14H3. The first kappa shape index (κ1) is 63.2. The van der Waals surface area contributed by atoms with E-state index in [1.807, 2.05) is 11.1 Å². The Balaban J connectivity index is 9.54. The second kappa shape index (κ2) is 39.1. The number of allylic oxidation sites excluding steroid dienone is 6. The van der Waals surface area contributed by atoms with Crippen molar-refractivity contribution in [3.8, 4) is 0 Å². The van der Waals surface area contributed by atoms with Gasteiger partial charge in [0.15, 0.2) is 0 Å². The van der Waals surface area contributed by atoms with Gasteiger partial charge in [0.2, 0.25) is 0 Å². The van der Waals surface area contributed by atoms with E-state index in [4.69, 9.17) is 0 Å². The van der Waals surface area contributed by atoms with Gasteiger partial charge in [-0.3, -0.25) is 0 Å². The molecule has 0 nitrogen and oxygen atoms in total. The van der Waals surface area contributed by atoms with Crippen molar-refractivity contribution in [3.63, 3.8) is 0 Å². The molecule has 0 aromatic rings. The molecule has 5 unspecified atom stereocenters. The lowest BCUT2D eigenvalue weighted by Crippen LogP contribution is -2.53. The number of hydrogen-bond donors (Lipinski definition) is 0. The molecule has 64 heavy (non-hydrogen) atoms. The van der Waals surface area contributed by atoms with Crippen molar-refractivity contribution in [3.05, 3.63) is 35.5 Å². The summed E-state index contributed by atoms with van der Waals surface area (Å²) < 4.78 is 0. The Bertz CT molecular complexity index is 1130. The van der Waals surface area contributed by atoms with E-state index in [1.54, 1.807) is 0 Å². The van der Waals surface area contributed by atoms with Crippen molar-refractivity contribution in [1.29, 1.82) is 0 Å². The average molecular weight is 894 g/mol. The summed E-state index contributed by atoms with van der Waals surface area (Å²) >= 11 is 0. The minimum atomic E-state index is 0.163. The summed E-state index contributed by atoms with van der Waals surface area (Å²) in [5.41, 5.74) is 4.81. The number of hydrogen-bond acceptors (Lipinski definition) is 0. The highest BCUT2D eigenvalue weighted by atomic mass is 14.6. The van der Waals surface area contributed by atoms with Gasteiger partial charge in [0.25, 0.3) is 0 Å². The molecule has 0 rings (SSSR count). The van der Waals surface area contributed by atoms with Crippen LogP contribution in [0.3, 0.4) is 0 Å². The second-order valence-corrected chi connectivity index (χ2v) is 22.7. The van der Waals surface area contributed by atoms with Crippen LogP contribution in [0.5, 0.6) is 0 Å². The third-order valence-electron chi connectivity index (χ3n) is 16.4. The molecule has 0 amide bonds. The van der Waals surface area contributed by atoms with Crippen molar-refractivity contribution >= 4 is 0 Å². The van der Waals surface area contributed by atoms with E-state index in [1.165, 1.54) is 238 Å². The molecule has 0 aliphatic carbocycles. The minimum absolute atomic E-state index is 0.163. The Morgan fingerprint density at radius 2 is 0.922 bits per heavy atom. The van der Waals surface area contributed by atoms with E-state index in [0.29, 0.717) is 5.92 Å². The second-order valence-electron chi connectivity index (χ2n) is 22.7. The Hall–Kier alpha value is -0.780. The molecule has 0 saturated heterocycles. The molecule has 0 radical (unpaired) electrons. The maximum Gasteiger partial charge on any atom is 0.00118 e. The van der Waals surface area contributed by atoms with Crippen LogP contribution < -0.4 is 0 Å². The summed E-state index contributed by atoms with van der Waals surface area (Å²) in [7, 11) is 0. The highest BCUT2D eigenvalue weighted by Gasteiger charge is 2.58. The van der Waals surface area contributed by atoms with Crippen LogP contribution in [-0.4, -0.2) is 0 Å². The van der Waals surface area contributed by atoms with Gasteiger partial charge >= 0.3 is 0 Å². The fourth-order valence-electron chi connectivity index (χ4n) is 13.6. The first-order valence-electron chi connectivity index (χ1n) is 30.0. The predicted molar refractivity (Wildman–Crippen MR) is 297 cm³/mol. The maximum absolute atomic E-state index is 2.93. The third-order valence-corrected chi connectivity index (χ3v) is 16.4. The van der Waals surface area contributed by atoms with Crippen LogP contribution in [0.2, 0.25) is 0 Å². The topological polar surface area (TPSA) is 0 Å².